The summed E-state index contributed by atoms with van der Waals surface area (Å²) in [5, 5.41) is 0.804. The van der Waals surface area contributed by atoms with E-state index < -0.39 is 0 Å². The number of para-hydroxylation sites is 1. The maximum atomic E-state index is 12.9. The Morgan fingerprint density at radius 1 is 1.26 bits per heavy atom. The zero-order chi connectivity index (χ0) is 18.5. The summed E-state index contributed by atoms with van der Waals surface area (Å²) in [4.78, 5) is 24.0. The number of carbonyl (C=O) groups is 1. The van der Waals surface area contributed by atoms with Gasteiger partial charge in [0.15, 0.2) is 0 Å². The van der Waals surface area contributed by atoms with Gasteiger partial charge < -0.3 is 15.4 Å². The van der Waals surface area contributed by atoms with Gasteiger partial charge in [-0.15, -0.1) is 0 Å². The smallest absolute Gasteiger partial charge is 0.258 e. The highest BCUT2D eigenvalue weighted by Gasteiger charge is 2.38. The lowest BCUT2D eigenvalue weighted by atomic mass is 9.92. The van der Waals surface area contributed by atoms with Crippen LogP contribution in [-0.4, -0.2) is 33.9 Å². The number of amides is 1. The lowest BCUT2D eigenvalue weighted by Crippen LogP contribution is -2.40. The number of nitrogens with zero attached hydrogens (tertiary/aromatic N) is 3. The second kappa shape index (κ2) is 5.94. The first-order valence-electron chi connectivity index (χ1n) is 9.19. The Labute approximate surface area is 157 Å². The molecule has 1 aliphatic carbocycles. The molecule has 1 aliphatic heterocycles. The van der Waals surface area contributed by atoms with Crippen LogP contribution in [0.1, 0.15) is 35.3 Å². The molecule has 0 atom stereocenters. The van der Waals surface area contributed by atoms with Gasteiger partial charge in [-0.2, -0.15) is 0 Å². The third kappa shape index (κ3) is 2.36. The first-order valence-corrected chi connectivity index (χ1v) is 9.19. The van der Waals surface area contributed by atoms with Gasteiger partial charge in [0.05, 0.1) is 42.3 Å². The monoisotopic (exact) mass is 360 g/mol. The summed E-state index contributed by atoms with van der Waals surface area (Å²) in [6.45, 7) is 0.545. The molecule has 0 bridgehead atoms. The largest absolute Gasteiger partial charge is 0.495 e. The predicted molar refractivity (Wildman–Crippen MR) is 103 cm³/mol. The number of nitrogen functional groups attached to an aromatic ring is 1. The zero-order valence-corrected chi connectivity index (χ0v) is 15.1. The fraction of sp³-hybridized carbons (Fsp3) is 0.286. The highest BCUT2D eigenvalue weighted by molar-refractivity contribution is 6.11. The van der Waals surface area contributed by atoms with Crippen molar-refractivity contribution in [3.8, 4) is 16.9 Å². The summed E-state index contributed by atoms with van der Waals surface area (Å²) < 4.78 is 5.30. The molecule has 6 heteroatoms. The van der Waals surface area contributed by atoms with Gasteiger partial charge in [0.2, 0.25) is 0 Å². The molecular weight excluding hydrogens is 340 g/mol. The summed E-state index contributed by atoms with van der Waals surface area (Å²) in [7, 11) is 1.62. The molecule has 6 nitrogen and oxygen atoms in total. The molecule has 0 unspecified atom stereocenters. The molecule has 2 aliphatic rings. The third-order valence-electron chi connectivity index (χ3n) is 5.70. The molecule has 0 radical (unpaired) electrons. The summed E-state index contributed by atoms with van der Waals surface area (Å²) in [6, 6.07) is 8.12. The number of hydrogen-bond donors (Lipinski definition) is 1. The number of nitrogens with two attached hydrogens (primary N) is 1. The summed E-state index contributed by atoms with van der Waals surface area (Å²) in [5.74, 6) is 0.708. The molecule has 27 heavy (non-hydrogen) atoms. The van der Waals surface area contributed by atoms with Crippen LogP contribution in [0.25, 0.3) is 22.0 Å². The quantitative estimate of drug-likeness (QED) is 0.774. The van der Waals surface area contributed by atoms with E-state index in [1.165, 1.54) is 6.42 Å². The van der Waals surface area contributed by atoms with Crippen LogP contribution in [0.4, 0.5) is 5.69 Å². The number of benzene rings is 1. The molecule has 1 fully saturated rings. The van der Waals surface area contributed by atoms with Crippen molar-refractivity contribution < 1.29 is 9.53 Å². The molecule has 1 saturated carbocycles. The van der Waals surface area contributed by atoms with Crippen LogP contribution in [0.15, 0.2) is 36.7 Å². The molecule has 0 saturated heterocycles. The maximum absolute atomic E-state index is 12.9. The van der Waals surface area contributed by atoms with E-state index in [9.17, 15) is 4.79 Å². The number of pyridine rings is 2. The van der Waals surface area contributed by atoms with E-state index in [0.29, 0.717) is 29.6 Å². The highest BCUT2D eigenvalue weighted by Crippen LogP contribution is 2.39. The molecule has 3 heterocycles. The molecule has 1 amide bonds. The van der Waals surface area contributed by atoms with Gasteiger partial charge >= 0.3 is 0 Å². The Bertz CT molecular complexity index is 1080. The lowest BCUT2D eigenvalue weighted by Gasteiger charge is -2.34. The molecule has 136 valence electrons. The van der Waals surface area contributed by atoms with Crippen LogP contribution in [0.3, 0.4) is 0 Å². The Hall–Kier alpha value is -3.15. The first-order chi connectivity index (χ1) is 13.2. The van der Waals surface area contributed by atoms with Crippen molar-refractivity contribution in [1.29, 1.82) is 0 Å². The Morgan fingerprint density at radius 3 is 2.85 bits per heavy atom. The van der Waals surface area contributed by atoms with Crippen molar-refractivity contribution in [2.75, 3.05) is 12.8 Å². The number of anilines is 1. The van der Waals surface area contributed by atoms with E-state index >= 15 is 0 Å². The van der Waals surface area contributed by atoms with E-state index in [2.05, 4.69) is 4.98 Å². The number of aromatic nitrogens is 2. The second-order valence-electron chi connectivity index (χ2n) is 7.18. The third-order valence-corrected chi connectivity index (χ3v) is 5.70. The Kier molecular flexibility index (Phi) is 3.53. The SMILES string of the molecule is COc1cncc(-c2cccc3c(N)c4c(nc23)CN(C2CCC2)C4=O)c1. The topological polar surface area (TPSA) is 81.3 Å². The van der Waals surface area contributed by atoms with Gasteiger partial charge in [-0.1, -0.05) is 18.2 Å². The standard InChI is InChI=1S/C21H20N4O2/c1-27-14-8-12(9-23-10-14)15-6-3-7-16-19(22)18-17(24-20(15)16)11-25(21(18)26)13-4-2-5-13/h3,6-10,13H,2,4-5,11H2,1H3,(H2,22,24). The highest BCUT2D eigenvalue weighted by atomic mass is 16.5. The van der Waals surface area contributed by atoms with Crippen molar-refractivity contribution in [2.45, 2.75) is 31.8 Å². The second-order valence-corrected chi connectivity index (χ2v) is 7.18. The minimum absolute atomic E-state index is 0.0232. The van der Waals surface area contributed by atoms with Gasteiger partial charge in [0.1, 0.15) is 5.75 Å². The average Bonchev–Trinajstić information content (AvgIpc) is 2.96. The van der Waals surface area contributed by atoms with Crippen molar-refractivity contribution in [1.82, 2.24) is 14.9 Å². The summed E-state index contributed by atoms with van der Waals surface area (Å²) in [5.41, 5.74) is 11.0. The molecule has 5 rings (SSSR count). The summed E-state index contributed by atoms with van der Waals surface area (Å²) in [6.07, 6.45) is 6.78. The van der Waals surface area contributed by atoms with Crippen LogP contribution < -0.4 is 10.5 Å². The van der Waals surface area contributed by atoms with Gasteiger partial charge in [0.25, 0.3) is 5.91 Å². The van der Waals surface area contributed by atoms with E-state index in [1.807, 2.05) is 29.2 Å². The van der Waals surface area contributed by atoms with Crippen LogP contribution in [0, 0.1) is 0 Å². The van der Waals surface area contributed by atoms with E-state index in [4.69, 9.17) is 15.5 Å². The minimum Gasteiger partial charge on any atom is -0.495 e. The molecular formula is C21H20N4O2. The maximum Gasteiger partial charge on any atom is 0.258 e. The van der Waals surface area contributed by atoms with E-state index in [0.717, 1.165) is 40.6 Å². The fourth-order valence-corrected chi connectivity index (χ4v) is 4.00. The predicted octanol–water partition coefficient (Wildman–Crippen LogP) is 3.40. The average molecular weight is 360 g/mol. The first kappa shape index (κ1) is 16.1. The van der Waals surface area contributed by atoms with Gasteiger partial charge in [-0.05, 0) is 25.3 Å². The van der Waals surface area contributed by atoms with Crippen molar-refractivity contribution in [3.63, 3.8) is 0 Å². The van der Waals surface area contributed by atoms with Gasteiger partial charge in [-0.3, -0.25) is 9.78 Å². The number of fused-ring (bicyclic) bond motifs is 2. The molecule has 2 N–H and O–H groups in total. The van der Waals surface area contributed by atoms with Crippen molar-refractivity contribution >= 4 is 22.5 Å². The van der Waals surface area contributed by atoms with Crippen LogP contribution in [0.5, 0.6) is 5.75 Å². The normalized spacial score (nSPS) is 16.5. The van der Waals surface area contributed by atoms with Gasteiger partial charge in [0, 0.05) is 28.8 Å². The lowest BCUT2D eigenvalue weighted by molar-refractivity contribution is 0.0606. The number of ether oxygens (including phenoxy) is 1. The molecule has 1 aromatic carbocycles. The fourth-order valence-electron chi connectivity index (χ4n) is 4.00. The molecule has 3 aromatic rings. The molecule has 0 spiro atoms. The number of rotatable bonds is 3. The van der Waals surface area contributed by atoms with Crippen LogP contribution >= 0.6 is 0 Å². The molecule has 2 aromatic heterocycles. The van der Waals surface area contributed by atoms with Crippen molar-refractivity contribution in [3.05, 3.63) is 47.9 Å². The van der Waals surface area contributed by atoms with Crippen molar-refractivity contribution in [2.24, 2.45) is 0 Å². The van der Waals surface area contributed by atoms with Crippen LogP contribution in [-0.2, 0) is 6.54 Å². The summed E-state index contributed by atoms with van der Waals surface area (Å²) >= 11 is 0. The number of methoxy groups -OCH3 is 1. The number of hydrogen-bond acceptors (Lipinski definition) is 5. The van der Waals surface area contributed by atoms with E-state index in [1.54, 1.807) is 19.5 Å². The Balaban J connectivity index is 1.68. The number of carbonyl (C=O) groups excluding carboxylic acids is 1. The zero-order valence-electron chi connectivity index (χ0n) is 15.1. The van der Waals surface area contributed by atoms with Crippen LogP contribution in [0.2, 0.25) is 0 Å². The van der Waals surface area contributed by atoms with Gasteiger partial charge in [-0.25, -0.2) is 4.98 Å². The minimum atomic E-state index is 0.0232. The van der Waals surface area contributed by atoms with E-state index in [-0.39, 0.29) is 5.91 Å². The Morgan fingerprint density at radius 2 is 2.11 bits per heavy atom.